The molecule has 3 aromatic rings. The smallest absolute Gasteiger partial charge is 0.280 e. The van der Waals surface area contributed by atoms with Crippen molar-refractivity contribution in [3.05, 3.63) is 65.1 Å². The molecular weight excluding hydrogens is 363 g/mol. The van der Waals surface area contributed by atoms with Gasteiger partial charge in [0.05, 0.1) is 0 Å². The Morgan fingerprint density at radius 1 is 1.07 bits per heavy atom. The van der Waals surface area contributed by atoms with E-state index in [-0.39, 0.29) is 29.7 Å². The second kappa shape index (κ2) is 7.87. The van der Waals surface area contributed by atoms with Crippen molar-refractivity contribution in [3.63, 3.8) is 0 Å². The van der Waals surface area contributed by atoms with Gasteiger partial charge in [-0.25, -0.2) is 9.07 Å². The summed E-state index contributed by atoms with van der Waals surface area (Å²) in [6.07, 6.45) is 0. The molecule has 0 saturated heterocycles. The number of amides is 2. The number of benzene rings is 2. The second-order valence-corrected chi connectivity index (χ2v) is 6.29. The molecule has 0 aliphatic heterocycles. The van der Waals surface area contributed by atoms with Gasteiger partial charge in [0.25, 0.3) is 5.91 Å². The van der Waals surface area contributed by atoms with Gasteiger partial charge in [0.2, 0.25) is 5.91 Å². The minimum Gasteiger partial charge on any atom is -0.382 e. The van der Waals surface area contributed by atoms with Gasteiger partial charge in [-0.15, -0.1) is 5.10 Å². The van der Waals surface area contributed by atoms with Crippen LogP contribution in [0.25, 0.3) is 0 Å². The van der Waals surface area contributed by atoms with Gasteiger partial charge in [0.15, 0.2) is 11.5 Å². The van der Waals surface area contributed by atoms with Crippen LogP contribution in [0.3, 0.4) is 0 Å². The highest BCUT2D eigenvalue weighted by atomic mass is 19.1. The van der Waals surface area contributed by atoms with Crippen LogP contribution in [0.5, 0.6) is 0 Å². The topological polar surface area (TPSA) is 115 Å². The Balaban J connectivity index is 1.67. The van der Waals surface area contributed by atoms with Crippen molar-refractivity contribution >= 4 is 29.0 Å². The van der Waals surface area contributed by atoms with Crippen molar-refractivity contribution in [1.29, 1.82) is 0 Å². The summed E-state index contributed by atoms with van der Waals surface area (Å²) < 4.78 is 14.3. The van der Waals surface area contributed by atoms with Crippen molar-refractivity contribution < 1.29 is 14.0 Å². The summed E-state index contributed by atoms with van der Waals surface area (Å²) in [6, 6.07) is 11.0. The van der Waals surface area contributed by atoms with Crippen LogP contribution in [0.15, 0.2) is 42.5 Å². The molecule has 0 unspecified atom stereocenters. The zero-order valence-corrected chi connectivity index (χ0v) is 15.4. The molecule has 0 aliphatic rings. The number of nitrogens with zero attached hydrogens (tertiary/aromatic N) is 3. The van der Waals surface area contributed by atoms with Gasteiger partial charge < -0.3 is 16.4 Å². The maximum Gasteiger partial charge on any atom is 0.280 e. The molecule has 1 heterocycles. The average molecular weight is 382 g/mol. The molecule has 2 aromatic carbocycles. The Bertz CT molecular complexity index is 1050. The van der Waals surface area contributed by atoms with Crippen LogP contribution in [-0.4, -0.2) is 26.8 Å². The van der Waals surface area contributed by atoms with Crippen molar-refractivity contribution in [1.82, 2.24) is 15.0 Å². The molecule has 4 N–H and O–H groups in total. The highest BCUT2D eigenvalue weighted by Gasteiger charge is 2.19. The number of carbonyl (C=O) groups is 2. The zero-order chi connectivity index (χ0) is 20.3. The van der Waals surface area contributed by atoms with E-state index in [0.29, 0.717) is 5.69 Å². The van der Waals surface area contributed by atoms with E-state index >= 15 is 0 Å². The monoisotopic (exact) mass is 382 g/mol. The van der Waals surface area contributed by atoms with Crippen LogP contribution in [0.1, 0.15) is 21.6 Å². The van der Waals surface area contributed by atoms with E-state index in [1.165, 1.54) is 18.2 Å². The number of aryl methyl sites for hydroxylation is 2. The van der Waals surface area contributed by atoms with Gasteiger partial charge in [-0.3, -0.25) is 9.59 Å². The highest BCUT2D eigenvalue weighted by molar-refractivity contribution is 6.05. The molecule has 1 aromatic heterocycles. The minimum absolute atomic E-state index is 0.0656. The standard InChI is InChI=1S/C19H19FN6O2/c1-11-6-7-15(8-12(11)2)22-16(27)10-26-18(21)17(24-25-26)19(28)23-14-5-3-4-13(20)9-14/h3-9H,10,21H2,1-2H3,(H,22,27)(H,23,28). The Kier molecular flexibility index (Phi) is 5.35. The first kappa shape index (κ1) is 19.0. The number of carbonyl (C=O) groups excluding carboxylic acids is 2. The largest absolute Gasteiger partial charge is 0.382 e. The number of nitrogens with two attached hydrogens (primary N) is 1. The molecule has 3 rings (SSSR count). The lowest BCUT2D eigenvalue weighted by atomic mass is 10.1. The molecule has 144 valence electrons. The average Bonchev–Trinajstić information content (AvgIpc) is 2.99. The predicted octanol–water partition coefficient (Wildman–Crippen LogP) is 2.51. The van der Waals surface area contributed by atoms with Crippen molar-refractivity contribution in [2.45, 2.75) is 20.4 Å². The number of hydrogen-bond acceptors (Lipinski definition) is 5. The van der Waals surface area contributed by atoms with E-state index < -0.39 is 11.7 Å². The van der Waals surface area contributed by atoms with E-state index in [4.69, 9.17) is 5.73 Å². The molecule has 0 saturated carbocycles. The van der Waals surface area contributed by atoms with E-state index in [2.05, 4.69) is 20.9 Å². The zero-order valence-electron chi connectivity index (χ0n) is 15.4. The fourth-order valence-electron chi connectivity index (χ4n) is 2.51. The fraction of sp³-hybridized carbons (Fsp3) is 0.158. The van der Waals surface area contributed by atoms with Crippen LogP contribution in [0.4, 0.5) is 21.6 Å². The first-order valence-electron chi connectivity index (χ1n) is 8.46. The van der Waals surface area contributed by atoms with Gasteiger partial charge in [0.1, 0.15) is 12.4 Å². The molecule has 0 spiro atoms. The number of halogens is 1. The number of hydrogen-bond donors (Lipinski definition) is 3. The number of nitrogen functional groups attached to an aromatic ring is 1. The van der Waals surface area contributed by atoms with Gasteiger partial charge in [-0.1, -0.05) is 17.3 Å². The summed E-state index contributed by atoms with van der Waals surface area (Å²) in [5.41, 5.74) is 8.82. The molecule has 0 radical (unpaired) electrons. The van der Waals surface area contributed by atoms with Crippen molar-refractivity contribution in [2.24, 2.45) is 0 Å². The molecule has 0 bridgehead atoms. The maximum absolute atomic E-state index is 13.2. The van der Waals surface area contributed by atoms with E-state index in [1.807, 2.05) is 26.0 Å². The van der Waals surface area contributed by atoms with Crippen LogP contribution in [0.2, 0.25) is 0 Å². The molecule has 28 heavy (non-hydrogen) atoms. The van der Waals surface area contributed by atoms with Crippen LogP contribution in [-0.2, 0) is 11.3 Å². The van der Waals surface area contributed by atoms with Crippen LogP contribution < -0.4 is 16.4 Å². The molecule has 0 fully saturated rings. The fourth-order valence-corrected chi connectivity index (χ4v) is 2.51. The summed E-state index contributed by atoms with van der Waals surface area (Å²) in [5, 5.41) is 12.7. The quantitative estimate of drug-likeness (QED) is 0.627. The number of anilines is 3. The molecule has 9 heteroatoms. The van der Waals surface area contributed by atoms with E-state index in [9.17, 15) is 14.0 Å². The third kappa shape index (κ3) is 4.32. The lowest BCUT2D eigenvalue weighted by Gasteiger charge is -2.08. The first-order chi connectivity index (χ1) is 13.3. The third-order valence-corrected chi connectivity index (χ3v) is 4.15. The van der Waals surface area contributed by atoms with E-state index in [0.717, 1.165) is 21.9 Å². The lowest BCUT2D eigenvalue weighted by Crippen LogP contribution is -2.21. The SMILES string of the molecule is Cc1ccc(NC(=O)Cn2nnc(C(=O)Nc3cccc(F)c3)c2N)cc1C. The number of aromatic nitrogens is 3. The highest BCUT2D eigenvalue weighted by Crippen LogP contribution is 2.16. The summed E-state index contributed by atoms with van der Waals surface area (Å²) in [7, 11) is 0. The minimum atomic E-state index is -0.649. The van der Waals surface area contributed by atoms with Gasteiger partial charge >= 0.3 is 0 Å². The van der Waals surface area contributed by atoms with Crippen LogP contribution >= 0.6 is 0 Å². The van der Waals surface area contributed by atoms with Gasteiger partial charge in [-0.05, 0) is 55.3 Å². The summed E-state index contributed by atoms with van der Waals surface area (Å²) in [6.45, 7) is 3.72. The Labute approximate surface area is 160 Å². The molecule has 0 atom stereocenters. The summed E-state index contributed by atoms with van der Waals surface area (Å²) in [5.74, 6) is -1.57. The van der Waals surface area contributed by atoms with E-state index in [1.54, 1.807) is 6.07 Å². The first-order valence-corrected chi connectivity index (χ1v) is 8.46. The van der Waals surface area contributed by atoms with Gasteiger partial charge in [-0.2, -0.15) is 0 Å². The normalized spacial score (nSPS) is 10.5. The van der Waals surface area contributed by atoms with Crippen LogP contribution in [0, 0.1) is 19.7 Å². The van der Waals surface area contributed by atoms with Gasteiger partial charge in [0, 0.05) is 11.4 Å². The molecule has 8 nitrogen and oxygen atoms in total. The number of rotatable bonds is 5. The Morgan fingerprint density at radius 3 is 2.54 bits per heavy atom. The second-order valence-electron chi connectivity index (χ2n) is 6.29. The third-order valence-electron chi connectivity index (χ3n) is 4.15. The summed E-state index contributed by atoms with van der Waals surface area (Å²) in [4.78, 5) is 24.5. The molecule has 0 aliphatic carbocycles. The predicted molar refractivity (Wildman–Crippen MR) is 103 cm³/mol. The summed E-state index contributed by atoms with van der Waals surface area (Å²) >= 11 is 0. The molecular formula is C19H19FN6O2. The lowest BCUT2D eigenvalue weighted by molar-refractivity contribution is -0.116. The maximum atomic E-state index is 13.2. The van der Waals surface area contributed by atoms with Crippen molar-refractivity contribution in [2.75, 3.05) is 16.4 Å². The van der Waals surface area contributed by atoms with Crippen molar-refractivity contribution in [3.8, 4) is 0 Å². The Hall–Kier alpha value is -3.75. The molecule has 2 amide bonds. The Morgan fingerprint density at radius 2 is 1.82 bits per heavy atom. The number of nitrogens with one attached hydrogen (secondary N) is 2.